The van der Waals surface area contributed by atoms with Gasteiger partial charge in [0.25, 0.3) is 0 Å². The zero-order valence-electron chi connectivity index (χ0n) is 17.1. The SMILES string of the molecule is COc1cccc(CNCCC2CCC(=O)N2Cc2nc3ccccc3n2C)c1. The van der Waals surface area contributed by atoms with Gasteiger partial charge in [0.1, 0.15) is 11.6 Å². The molecule has 4 rings (SSSR count). The molecule has 0 saturated carbocycles. The Morgan fingerprint density at radius 3 is 2.90 bits per heavy atom. The third kappa shape index (κ3) is 4.27. The number of aryl methyl sites for hydroxylation is 1. The van der Waals surface area contributed by atoms with Crippen LogP contribution in [0.5, 0.6) is 5.75 Å². The van der Waals surface area contributed by atoms with Gasteiger partial charge in [-0.15, -0.1) is 0 Å². The van der Waals surface area contributed by atoms with E-state index >= 15 is 0 Å². The lowest BCUT2D eigenvalue weighted by atomic mass is 10.1. The first-order valence-electron chi connectivity index (χ1n) is 10.2. The number of para-hydroxylation sites is 2. The Kier molecular flexibility index (Phi) is 5.81. The number of imidazole rings is 1. The van der Waals surface area contributed by atoms with Crippen molar-refractivity contribution in [1.82, 2.24) is 19.8 Å². The second-order valence-corrected chi connectivity index (χ2v) is 7.61. The highest BCUT2D eigenvalue weighted by Crippen LogP contribution is 2.25. The van der Waals surface area contributed by atoms with Gasteiger partial charge in [-0.05, 0) is 49.2 Å². The van der Waals surface area contributed by atoms with Crippen LogP contribution in [0.2, 0.25) is 0 Å². The smallest absolute Gasteiger partial charge is 0.223 e. The monoisotopic (exact) mass is 392 g/mol. The van der Waals surface area contributed by atoms with Gasteiger partial charge in [0.2, 0.25) is 5.91 Å². The van der Waals surface area contributed by atoms with Crippen LogP contribution < -0.4 is 10.1 Å². The molecular formula is C23H28N4O2. The molecule has 6 heteroatoms. The van der Waals surface area contributed by atoms with Gasteiger partial charge in [-0.2, -0.15) is 0 Å². The summed E-state index contributed by atoms with van der Waals surface area (Å²) in [6.07, 6.45) is 2.49. The quantitative estimate of drug-likeness (QED) is 0.598. The molecule has 2 aromatic carbocycles. The van der Waals surface area contributed by atoms with E-state index in [4.69, 9.17) is 9.72 Å². The number of nitrogens with zero attached hydrogens (tertiary/aromatic N) is 3. The van der Waals surface area contributed by atoms with Crippen molar-refractivity contribution in [3.05, 3.63) is 59.9 Å². The number of aromatic nitrogens is 2. The molecular weight excluding hydrogens is 364 g/mol. The van der Waals surface area contributed by atoms with Crippen LogP contribution in [0.3, 0.4) is 0 Å². The fraction of sp³-hybridized carbons (Fsp3) is 0.391. The first-order chi connectivity index (χ1) is 14.2. The van der Waals surface area contributed by atoms with E-state index in [1.165, 1.54) is 5.56 Å². The van der Waals surface area contributed by atoms with E-state index in [2.05, 4.69) is 22.0 Å². The molecule has 1 fully saturated rings. The highest BCUT2D eigenvalue weighted by atomic mass is 16.5. The predicted molar refractivity (Wildman–Crippen MR) is 114 cm³/mol. The first kappa shape index (κ1) is 19.5. The predicted octanol–water partition coefficient (Wildman–Crippen LogP) is 3.25. The molecule has 1 atom stereocenters. The number of rotatable bonds is 8. The Morgan fingerprint density at radius 1 is 1.21 bits per heavy atom. The molecule has 1 unspecified atom stereocenters. The van der Waals surface area contributed by atoms with E-state index < -0.39 is 0 Å². The number of methoxy groups -OCH3 is 1. The van der Waals surface area contributed by atoms with E-state index in [0.717, 1.165) is 48.5 Å². The fourth-order valence-corrected chi connectivity index (χ4v) is 4.08. The zero-order valence-corrected chi connectivity index (χ0v) is 17.1. The molecule has 3 aromatic rings. The average Bonchev–Trinajstić information content (AvgIpc) is 3.26. The van der Waals surface area contributed by atoms with E-state index in [1.807, 2.05) is 48.3 Å². The van der Waals surface area contributed by atoms with E-state index in [9.17, 15) is 4.79 Å². The van der Waals surface area contributed by atoms with Gasteiger partial charge < -0.3 is 19.5 Å². The minimum absolute atomic E-state index is 0.231. The molecule has 1 saturated heterocycles. The van der Waals surface area contributed by atoms with Crippen LogP contribution in [0, 0.1) is 0 Å². The molecule has 1 amide bonds. The normalized spacial score (nSPS) is 16.7. The maximum absolute atomic E-state index is 12.5. The van der Waals surface area contributed by atoms with Crippen molar-refractivity contribution >= 4 is 16.9 Å². The summed E-state index contributed by atoms with van der Waals surface area (Å²) in [5.74, 6) is 2.05. The van der Waals surface area contributed by atoms with Gasteiger partial charge in [0.05, 0.1) is 24.7 Å². The number of benzene rings is 2. The van der Waals surface area contributed by atoms with Gasteiger partial charge in [-0.1, -0.05) is 24.3 Å². The molecule has 1 N–H and O–H groups in total. The van der Waals surface area contributed by atoms with Crippen molar-refractivity contribution in [2.45, 2.75) is 38.4 Å². The van der Waals surface area contributed by atoms with E-state index in [-0.39, 0.29) is 11.9 Å². The topological polar surface area (TPSA) is 59.4 Å². The minimum Gasteiger partial charge on any atom is -0.497 e. The van der Waals surface area contributed by atoms with Crippen molar-refractivity contribution in [3.8, 4) is 5.75 Å². The summed E-state index contributed by atoms with van der Waals surface area (Å²) in [6, 6.07) is 16.5. The molecule has 0 spiro atoms. The molecule has 1 aliphatic heterocycles. The second-order valence-electron chi connectivity index (χ2n) is 7.61. The third-order valence-electron chi connectivity index (χ3n) is 5.76. The molecule has 29 heavy (non-hydrogen) atoms. The van der Waals surface area contributed by atoms with Gasteiger partial charge in [0, 0.05) is 26.1 Å². The van der Waals surface area contributed by atoms with Crippen molar-refractivity contribution in [2.24, 2.45) is 7.05 Å². The lowest BCUT2D eigenvalue weighted by molar-refractivity contribution is -0.129. The number of hydrogen-bond acceptors (Lipinski definition) is 4. The number of ether oxygens (including phenoxy) is 1. The highest BCUT2D eigenvalue weighted by molar-refractivity contribution is 5.79. The van der Waals surface area contributed by atoms with Gasteiger partial charge in [-0.3, -0.25) is 4.79 Å². The van der Waals surface area contributed by atoms with Gasteiger partial charge >= 0.3 is 0 Å². The van der Waals surface area contributed by atoms with Crippen molar-refractivity contribution in [3.63, 3.8) is 0 Å². The largest absolute Gasteiger partial charge is 0.497 e. The van der Waals surface area contributed by atoms with Crippen molar-refractivity contribution < 1.29 is 9.53 Å². The summed E-state index contributed by atoms with van der Waals surface area (Å²) in [7, 11) is 3.71. The number of likely N-dealkylation sites (tertiary alicyclic amines) is 1. The van der Waals surface area contributed by atoms with Crippen molar-refractivity contribution in [1.29, 1.82) is 0 Å². The Hall–Kier alpha value is -2.86. The fourth-order valence-electron chi connectivity index (χ4n) is 4.08. The van der Waals surface area contributed by atoms with E-state index in [0.29, 0.717) is 13.0 Å². The Balaban J connectivity index is 1.34. The number of amides is 1. The average molecular weight is 393 g/mol. The lowest BCUT2D eigenvalue weighted by Crippen LogP contribution is -2.35. The molecule has 2 heterocycles. The summed E-state index contributed by atoms with van der Waals surface area (Å²) < 4.78 is 7.37. The number of hydrogen-bond donors (Lipinski definition) is 1. The van der Waals surface area contributed by atoms with Gasteiger partial charge in [0.15, 0.2) is 0 Å². The van der Waals surface area contributed by atoms with Crippen molar-refractivity contribution in [2.75, 3.05) is 13.7 Å². The zero-order chi connectivity index (χ0) is 20.2. The van der Waals surface area contributed by atoms with E-state index in [1.54, 1.807) is 7.11 Å². The van der Waals surface area contributed by atoms with Crippen LogP contribution in [0.15, 0.2) is 48.5 Å². The Labute approximate surface area is 171 Å². The summed E-state index contributed by atoms with van der Waals surface area (Å²) >= 11 is 0. The van der Waals surface area contributed by atoms with Crippen LogP contribution in [0.25, 0.3) is 11.0 Å². The van der Waals surface area contributed by atoms with Crippen LogP contribution in [-0.4, -0.2) is 40.1 Å². The number of carbonyl (C=O) groups excluding carboxylic acids is 1. The molecule has 0 radical (unpaired) electrons. The maximum Gasteiger partial charge on any atom is 0.223 e. The standard InChI is InChI=1S/C23H28N4O2/c1-26-21-9-4-3-8-20(21)25-22(26)16-27-18(10-11-23(27)28)12-13-24-15-17-6-5-7-19(14-17)29-2/h3-9,14,18,24H,10-13,15-16H2,1-2H3. The molecule has 1 aromatic heterocycles. The molecule has 152 valence electrons. The second kappa shape index (κ2) is 8.66. The number of fused-ring (bicyclic) bond motifs is 1. The third-order valence-corrected chi connectivity index (χ3v) is 5.76. The van der Waals surface area contributed by atoms with Gasteiger partial charge in [-0.25, -0.2) is 4.98 Å². The molecule has 0 aliphatic carbocycles. The first-order valence-corrected chi connectivity index (χ1v) is 10.2. The van der Waals surface area contributed by atoms with Crippen LogP contribution in [0.1, 0.15) is 30.7 Å². The number of carbonyl (C=O) groups is 1. The van der Waals surface area contributed by atoms with Crippen LogP contribution in [0.4, 0.5) is 0 Å². The molecule has 0 bridgehead atoms. The number of nitrogens with one attached hydrogen (secondary N) is 1. The summed E-state index contributed by atoms with van der Waals surface area (Å²) in [6.45, 7) is 2.24. The highest BCUT2D eigenvalue weighted by Gasteiger charge is 2.31. The maximum atomic E-state index is 12.5. The summed E-state index contributed by atoms with van der Waals surface area (Å²) in [4.78, 5) is 19.2. The minimum atomic E-state index is 0.231. The lowest BCUT2D eigenvalue weighted by Gasteiger charge is -2.24. The molecule has 6 nitrogen and oxygen atoms in total. The Morgan fingerprint density at radius 2 is 2.07 bits per heavy atom. The molecule has 1 aliphatic rings. The van der Waals surface area contributed by atoms with Crippen LogP contribution >= 0.6 is 0 Å². The Bertz CT molecular complexity index is 997. The summed E-state index contributed by atoms with van der Waals surface area (Å²) in [5.41, 5.74) is 3.28. The van der Waals surface area contributed by atoms with Crippen LogP contribution in [-0.2, 0) is 24.9 Å². The summed E-state index contributed by atoms with van der Waals surface area (Å²) in [5, 5.41) is 3.50.